The fourth-order valence-corrected chi connectivity index (χ4v) is 2.10. The molecule has 0 saturated heterocycles. The third-order valence-corrected chi connectivity index (χ3v) is 3.12. The van der Waals surface area contributed by atoms with E-state index in [2.05, 4.69) is 4.98 Å². The highest BCUT2D eigenvalue weighted by Crippen LogP contribution is 2.21. The molecule has 1 aromatic heterocycles. The first-order valence-electron chi connectivity index (χ1n) is 4.67. The molecule has 1 heterocycles. The van der Waals surface area contributed by atoms with Gasteiger partial charge in [-0.05, 0) is 17.7 Å². The van der Waals surface area contributed by atoms with E-state index < -0.39 is 11.9 Å². The van der Waals surface area contributed by atoms with E-state index in [1.54, 1.807) is 17.0 Å². The molecule has 0 fully saturated rings. The average molecular weight is 258 g/mol. The van der Waals surface area contributed by atoms with Crippen LogP contribution in [0.15, 0.2) is 29.1 Å². The van der Waals surface area contributed by atoms with Gasteiger partial charge in [0.15, 0.2) is 0 Å². The molecule has 84 valence electrons. The Kier molecular flexibility index (Phi) is 3.53. The SMILES string of the molecule is OC(Cc1ccc(Cl)c(F)c1)c1cscn1. The van der Waals surface area contributed by atoms with E-state index in [1.807, 2.05) is 0 Å². The van der Waals surface area contributed by atoms with Crippen molar-refractivity contribution in [3.05, 3.63) is 51.2 Å². The summed E-state index contributed by atoms with van der Waals surface area (Å²) in [5, 5.41) is 11.7. The van der Waals surface area contributed by atoms with Crippen LogP contribution in [0.3, 0.4) is 0 Å². The lowest BCUT2D eigenvalue weighted by Crippen LogP contribution is -2.02. The maximum Gasteiger partial charge on any atom is 0.142 e. The van der Waals surface area contributed by atoms with E-state index in [-0.39, 0.29) is 5.02 Å². The molecule has 1 N–H and O–H groups in total. The largest absolute Gasteiger partial charge is 0.386 e. The molecule has 0 amide bonds. The summed E-state index contributed by atoms with van der Waals surface area (Å²) in [6.45, 7) is 0. The summed E-state index contributed by atoms with van der Waals surface area (Å²) in [5.74, 6) is -0.468. The fraction of sp³-hybridized carbons (Fsp3) is 0.182. The van der Waals surface area contributed by atoms with Crippen LogP contribution in [0.25, 0.3) is 0 Å². The summed E-state index contributed by atoms with van der Waals surface area (Å²) >= 11 is 6.99. The molecule has 0 aliphatic carbocycles. The van der Waals surface area contributed by atoms with Gasteiger partial charge in [0.25, 0.3) is 0 Å². The summed E-state index contributed by atoms with van der Waals surface area (Å²) in [6, 6.07) is 4.51. The van der Waals surface area contributed by atoms with Crippen LogP contribution in [-0.2, 0) is 6.42 Å². The van der Waals surface area contributed by atoms with E-state index >= 15 is 0 Å². The molecule has 0 bridgehead atoms. The van der Waals surface area contributed by atoms with Crippen LogP contribution in [0.1, 0.15) is 17.4 Å². The highest BCUT2D eigenvalue weighted by atomic mass is 35.5. The third kappa shape index (κ3) is 2.58. The van der Waals surface area contributed by atoms with Crippen molar-refractivity contribution >= 4 is 22.9 Å². The monoisotopic (exact) mass is 257 g/mol. The number of rotatable bonds is 3. The number of benzene rings is 1. The predicted octanol–water partition coefficient (Wildman–Crippen LogP) is 3.21. The Morgan fingerprint density at radius 3 is 2.94 bits per heavy atom. The van der Waals surface area contributed by atoms with Gasteiger partial charge in [0.05, 0.1) is 16.2 Å². The van der Waals surface area contributed by atoms with Gasteiger partial charge < -0.3 is 5.11 Å². The zero-order valence-electron chi connectivity index (χ0n) is 8.23. The number of hydrogen-bond acceptors (Lipinski definition) is 3. The summed E-state index contributed by atoms with van der Waals surface area (Å²) in [4.78, 5) is 4.00. The fourth-order valence-electron chi connectivity index (χ4n) is 1.38. The molecule has 5 heteroatoms. The second-order valence-electron chi connectivity index (χ2n) is 3.38. The first kappa shape index (κ1) is 11.5. The Morgan fingerprint density at radius 2 is 2.31 bits per heavy atom. The number of hydrogen-bond donors (Lipinski definition) is 1. The zero-order chi connectivity index (χ0) is 11.5. The second kappa shape index (κ2) is 4.91. The Balaban J connectivity index is 2.12. The van der Waals surface area contributed by atoms with Crippen molar-refractivity contribution in [2.24, 2.45) is 0 Å². The molecule has 16 heavy (non-hydrogen) atoms. The van der Waals surface area contributed by atoms with Crippen molar-refractivity contribution in [3.63, 3.8) is 0 Å². The molecule has 2 rings (SSSR count). The third-order valence-electron chi connectivity index (χ3n) is 2.21. The van der Waals surface area contributed by atoms with Gasteiger partial charge in [0, 0.05) is 11.8 Å². The second-order valence-corrected chi connectivity index (χ2v) is 4.51. The van der Waals surface area contributed by atoms with Gasteiger partial charge >= 0.3 is 0 Å². The Labute approximate surface area is 101 Å². The Bertz CT molecular complexity index is 475. The standard InChI is InChI=1S/C11H9ClFNOS/c12-8-2-1-7(3-9(8)13)4-11(15)10-5-16-6-14-10/h1-3,5-6,11,15H,4H2. The number of halogens is 2. The van der Waals surface area contributed by atoms with E-state index in [9.17, 15) is 9.50 Å². The molecule has 0 aliphatic heterocycles. The highest BCUT2D eigenvalue weighted by Gasteiger charge is 2.11. The predicted molar refractivity (Wildman–Crippen MR) is 62.2 cm³/mol. The molecule has 2 nitrogen and oxygen atoms in total. The van der Waals surface area contributed by atoms with Crippen molar-refractivity contribution in [2.75, 3.05) is 0 Å². The van der Waals surface area contributed by atoms with Crippen molar-refractivity contribution in [1.29, 1.82) is 0 Å². The van der Waals surface area contributed by atoms with Crippen LogP contribution >= 0.6 is 22.9 Å². The molecule has 1 unspecified atom stereocenters. The topological polar surface area (TPSA) is 33.1 Å². The summed E-state index contributed by atoms with van der Waals surface area (Å²) in [6.07, 6.45) is -0.371. The lowest BCUT2D eigenvalue weighted by atomic mass is 10.1. The van der Waals surface area contributed by atoms with Gasteiger partial charge in [0.1, 0.15) is 11.9 Å². The molecule has 0 saturated carbocycles. The maximum absolute atomic E-state index is 13.1. The highest BCUT2D eigenvalue weighted by molar-refractivity contribution is 7.07. The zero-order valence-corrected chi connectivity index (χ0v) is 9.80. The first-order valence-corrected chi connectivity index (χ1v) is 5.99. The smallest absolute Gasteiger partial charge is 0.142 e. The van der Waals surface area contributed by atoms with E-state index in [4.69, 9.17) is 11.6 Å². The van der Waals surface area contributed by atoms with Crippen molar-refractivity contribution in [1.82, 2.24) is 4.98 Å². The van der Waals surface area contributed by atoms with Crippen LogP contribution in [-0.4, -0.2) is 10.1 Å². The number of thiazole rings is 1. The lowest BCUT2D eigenvalue weighted by Gasteiger charge is -2.08. The number of aliphatic hydroxyl groups is 1. The molecule has 1 aromatic carbocycles. The van der Waals surface area contributed by atoms with E-state index in [0.717, 1.165) is 0 Å². The van der Waals surface area contributed by atoms with E-state index in [0.29, 0.717) is 17.7 Å². The minimum Gasteiger partial charge on any atom is -0.386 e. The lowest BCUT2D eigenvalue weighted by molar-refractivity contribution is 0.174. The van der Waals surface area contributed by atoms with Gasteiger partial charge in [0.2, 0.25) is 0 Å². The average Bonchev–Trinajstić information content (AvgIpc) is 2.77. The summed E-state index contributed by atoms with van der Waals surface area (Å²) in [7, 11) is 0. The van der Waals surface area contributed by atoms with Gasteiger partial charge in [-0.25, -0.2) is 9.37 Å². The summed E-state index contributed by atoms with van der Waals surface area (Å²) in [5.41, 5.74) is 2.96. The van der Waals surface area contributed by atoms with Crippen LogP contribution in [0.5, 0.6) is 0 Å². The Hall–Kier alpha value is -0.970. The van der Waals surface area contributed by atoms with Crippen LogP contribution in [0.4, 0.5) is 4.39 Å². The molecule has 0 radical (unpaired) electrons. The summed E-state index contributed by atoms with van der Waals surface area (Å²) < 4.78 is 13.1. The molecular weight excluding hydrogens is 249 g/mol. The van der Waals surface area contributed by atoms with Gasteiger partial charge in [-0.15, -0.1) is 11.3 Å². The van der Waals surface area contributed by atoms with Crippen LogP contribution in [0.2, 0.25) is 5.02 Å². The van der Waals surface area contributed by atoms with Gasteiger partial charge in [-0.1, -0.05) is 17.7 Å². The quantitative estimate of drug-likeness (QED) is 0.916. The first-order chi connectivity index (χ1) is 7.66. The number of aliphatic hydroxyl groups excluding tert-OH is 1. The molecular formula is C11H9ClFNOS. The van der Waals surface area contributed by atoms with Crippen LogP contribution < -0.4 is 0 Å². The van der Waals surface area contributed by atoms with Crippen molar-refractivity contribution in [2.45, 2.75) is 12.5 Å². The molecule has 2 aromatic rings. The van der Waals surface area contributed by atoms with Gasteiger partial charge in [-0.3, -0.25) is 0 Å². The Morgan fingerprint density at radius 1 is 1.50 bits per heavy atom. The minimum atomic E-state index is -0.702. The number of aromatic nitrogens is 1. The van der Waals surface area contributed by atoms with Crippen molar-refractivity contribution in [3.8, 4) is 0 Å². The van der Waals surface area contributed by atoms with E-state index in [1.165, 1.54) is 23.5 Å². The molecule has 0 aliphatic rings. The number of nitrogens with zero attached hydrogens (tertiary/aromatic N) is 1. The normalized spacial score (nSPS) is 12.7. The molecule has 1 atom stereocenters. The molecule has 0 spiro atoms. The minimum absolute atomic E-state index is 0.0897. The van der Waals surface area contributed by atoms with Crippen molar-refractivity contribution < 1.29 is 9.50 Å². The van der Waals surface area contributed by atoms with Gasteiger partial charge in [-0.2, -0.15) is 0 Å². The maximum atomic E-state index is 13.1. The van der Waals surface area contributed by atoms with Crippen LogP contribution in [0, 0.1) is 5.82 Å².